The summed E-state index contributed by atoms with van der Waals surface area (Å²) >= 11 is 1.46. The second-order valence-corrected chi connectivity index (χ2v) is 6.79. The summed E-state index contributed by atoms with van der Waals surface area (Å²) < 4.78 is -0.519. The first-order valence-corrected chi connectivity index (χ1v) is 6.27. The van der Waals surface area contributed by atoms with Crippen LogP contribution in [0, 0.1) is 0 Å². The van der Waals surface area contributed by atoms with Gasteiger partial charge in [-0.15, -0.1) is 18.3 Å². The summed E-state index contributed by atoms with van der Waals surface area (Å²) in [6, 6.07) is -0.800. The summed E-state index contributed by atoms with van der Waals surface area (Å²) in [7, 11) is 0. The van der Waals surface area contributed by atoms with Crippen LogP contribution in [0.3, 0.4) is 0 Å². The van der Waals surface area contributed by atoms with Crippen LogP contribution in [0.2, 0.25) is 0 Å². The van der Waals surface area contributed by atoms with Gasteiger partial charge in [-0.05, 0) is 20.3 Å². The van der Waals surface area contributed by atoms with Crippen LogP contribution in [0.5, 0.6) is 0 Å². The molecule has 2 heterocycles. The van der Waals surface area contributed by atoms with E-state index in [1.165, 1.54) is 16.7 Å². The van der Waals surface area contributed by atoms with Crippen LogP contribution in [0.25, 0.3) is 0 Å². The fourth-order valence-electron chi connectivity index (χ4n) is 2.58. The molecule has 2 rings (SSSR count). The van der Waals surface area contributed by atoms with E-state index < -0.39 is 22.3 Å². The van der Waals surface area contributed by atoms with Gasteiger partial charge in [-0.25, -0.2) is 4.79 Å². The molecule has 3 N–H and O–H groups in total. The van der Waals surface area contributed by atoms with E-state index in [9.17, 15) is 14.7 Å². The van der Waals surface area contributed by atoms with Gasteiger partial charge >= 0.3 is 5.97 Å². The maximum Gasteiger partial charge on any atom is 0.327 e. The number of carbonyl (C=O) groups excluding carboxylic acids is 1. The van der Waals surface area contributed by atoms with Crippen molar-refractivity contribution in [3.63, 3.8) is 0 Å². The van der Waals surface area contributed by atoms with E-state index in [0.29, 0.717) is 6.42 Å². The fraction of sp³-hybridized carbons (Fsp3) is 0.636. The highest BCUT2D eigenvalue weighted by molar-refractivity contribution is 8.01. The van der Waals surface area contributed by atoms with Crippen LogP contribution in [0.1, 0.15) is 20.3 Å². The summed E-state index contributed by atoms with van der Waals surface area (Å²) in [5.74, 6) is -1.26. The second kappa shape index (κ2) is 3.49. The highest BCUT2D eigenvalue weighted by Gasteiger charge is 2.69. The smallest absolute Gasteiger partial charge is 0.327 e. The lowest BCUT2D eigenvalue weighted by Crippen LogP contribution is -2.77. The van der Waals surface area contributed by atoms with Crippen LogP contribution in [-0.2, 0) is 9.59 Å². The normalized spacial score (nSPS) is 38.5. The number of fused-ring (bicyclic) bond motifs is 1. The Bertz CT molecular complexity index is 410. The third kappa shape index (κ3) is 1.43. The highest BCUT2D eigenvalue weighted by atomic mass is 32.2. The van der Waals surface area contributed by atoms with Crippen LogP contribution in [0.15, 0.2) is 12.7 Å². The molecular weight excluding hydrogens is 240 g/mol. The first kappa shape index (κ1) is 12.4. The number of nitrogens with two attached hydrogens (primary N) is 1. The van der Waals surface area contributed by atoms with Crippen molar-refractivity contribution in [2.45, 2.75) is 42.0 Å². The number of β-lactam (4-membered cyclic amide) rings is 1. The standard InChI is InChI=1S/C11H16N2O3S/c1-4-5-11(12)8(16)13-6(7(14)15)10(2,3)17-9(11)13/h4,6,9H,1,5,12H2,2-3H3,(H,14,15)/t6-,9+,11-/m0/s1. The summed E-state index contributed by atoms with van der Waals surface area (Å²) in [6.07, 6.45) is 1.99. The van der Waals surface area contributed by atoms with Gasteiger partial charge in [-0.3, -0.25) is 4.79 Å². The monoisotopic (exact) mass is 256 g/mol. The van der Waals surface area contributed by atoms with Crippen LogP contribution >= 0.6 is 11.8 Å². The van der Waals surface area contributed by atoms with Crippen molar-refractivity contribution in [1.82, 2.24) is 4.90 Å². The van der Waals surface area contributed by atoms with Gasteiger partial charge in [-0.2, -0.15) is 0 Å². The van der Waals surface area contributed by atoms with Crippen LogP contribution in [-0.4, -0.2) is 43.6 Å². The predicted molar refractivity (Wildman–Crippen MR) is 65.5 cm³/mol. The Labute approximate surface area is 104 Å². The average Bonchev–Trinajstić information content (AvgIpc) is 2.48. The molecule has 94 valence electrons. The summed E-state index contributed by atoms with van der Waals surface area (Å²) in [4.78, 5) is 24.7. The van der Waals surface area contributed by atoms with Gasteiger partial charge in [0.2, 0.25) is 5.91 Å². The minimum atomic E-state index is -0.978. The van der Waals surface area contributed by atoms with Gasteiger partial charge in [0, 0.05) is 4.75 Å². The molecule has 0 saturated carbocycles. The van der Waals surface area contributed by atoms with E-state index >= 15 is 0 Å². The molecule has 2 aliphatic rings. The molecule has 0 aromatic heterocycles. The molecule has 5 nitrogen and oxygen atoms in total. The molecule has 3 atom stereocenters. The van der Waals surface area contributed by atoms with E-state index in [2.05, 4.69) is 6.58 Å². The number of aliphatic carboxylic acids is 1. The zero-order chi connectivity index (χ0) is 13.0. The number of hydrogen-bond donors (Lipinski definition) is 2. The first-order valence-electron chi connectivity index (χ1n) is 5.39. The molecule has 6 heteroatoms. The van der Waals surface area contributed by atoms with Crippen molar-refractivity contribution in [2.24, 2.45) is 5.73 Å². The molecule has 0 aromatic carbocycles. The highest BCUT2D eigenvalue weighted by Crippen LogP contribution is 2.54. The number of thioether (sulfide) groups is 1. The first-order chi connectivity index (χ1) is 7.75. The quantitative estimate of drug-likeness (QED) is 0.564. The van der Waals surface area contributed by atoms with Crippen molar-refractivity contribution in [3.05, 3.63) is 12.7 Å². The molecule has 0 aromatic rings. The largest absolute Gasteiger partial charge is 0.480 e. The SMILES string of the molecule is C=CC[C@]1(N)C(=O)N2[C@@H](C(=O)O)C(C)(C)S[C@@H]21. The Kier molecular flexibility index (Phi) is 2.56. The fourth-order valence-corrected chi connectivity index (χ4v) is 4.24. The molecule has 2 saturated heterocycles. The predicted octanol–water partition coefficient (Wildman–Crippen LogP) is 0.407. The van der Waals surface area contributed by atoms with Gasteiger partial charge in [0.25, 0.3) is 0 Å². The molecule has 0 aliphatic carbocycles. The van der Waals surface area contributed by atoms with Gasteiger partial charge in [0.05, 0.1) is 0 Å². The van der Waals surface area contributed by atoms with Crippen molar-refractivity contribution < 1.29 is 14.7 Å². The molecular formula is C11H16N2O3S. The number of carbonyl (C=O) groups is 2. The summed E-state index contributed by atoms with van der Waals surface area (Å²) in [5, 5.41) is 8.96. The lowest BCUT2D eigenvalue weighted by atomic mass is 9.83. The maximum absolute atomic E-state index is 12.0. The molecule has 0 spiro atoms. The number of carboxylic acids is 1. The van der Waals surface area contributed by atoms with Crippen molar-refractivity contribution >= 4 is 23.6 Å². The lowest BCUT2D eigenvalue weighted by Gasteiger charge is -2.50. The minimum Gasteiger partial charge on any atom is -0.480 e. The summed E-state index contributed by atoms with van der Waals surface area (Å²) in [5.41, 5.74) is 5.07. The Balaban J connectivity index is 2.34. The zero-order valence-electron chi connectivity index (χ0n) is 9.84. The number of amides is 1. The van der Waals surface area contributed by atoms with Crippen molar-refractivity contribution in [3.8, 4) is 0 Å². The number of nitrogens with zero attached hydrogens (tertiary/aromatic N) is 1. The number of rotatable bonds is 3. The van der Waals surface area contributed by atoms with E-state index in [1.54, 1.807) is 6.08 Å². The van der Waals surface area contributed by atoms with Gasteiger partial charge in [0.1, 0.15) is 17.0 Å². The maximum atomic E-state index is 12.0. The van der Waals surface area contributed by atoms with Gasteiger partial charge in [0.15, 0.2) is 0 Å². The third-order valence-electron chi connectivity index (χ3n) is 3.39. The molecule has 0 bridgehead atoms. The van der Waals surface area contributed by atoms with Crippen molar-refractivity contribution in [2.75, 3.05) is 0 Å². The van der Waals surface area contributed by atoms with Crippen LogP contribution < -0.4 is 5.73 Å². The topological polar surface area (TPSA) is 83.6 Å². The molecule has 2 aliphatic heterocycles. The molecule has 0 unspecified atom stereocenters. The molecule has 1 amide bonds. The summed E-state index contributed by atoms with van der Waals surface area (Å²) in [6.45, 7) is 7.25. The molecule has 0 radical (unpaired) electrons. The van der Waals surface area contributed by atoms with E-state index in [0.717, 1.165) is 0 Å². The van der Waals surface area contributed by atoms with Crippen LogP contribution in [0.4, 0.5) is 0 Å². The number of carboxylic acid groups (broad SMARTS) is 1. The van der Waals surface area contributed by atoms with E-state index in [1.807, 2.05) is 13.8 Å². The Morgan fingerprint density at radius 2 is 2.29 bits per heavy atom. The van der Waals surface area contributed by atoms with Gasteiger partial charge < -0.3 is 15.7 Å². The molecule has 17 heavy (non-hydrogen) atoms. The van der Waals surface area contributed by atoms with Crippen molar-refractivity contribution in [1.29, 1.82) is 0 Å². The average molecular weight is 256 g/mol. The molecule has 2 fully saturated rings. The van der Waals surface area contributed by atoms with Gasteiger partial charge in [-0.1, -0.05) is 6.08 Å². The Morgan fingerprint density at radius 1 is 1.71 bits per heavy atom. The van der Waals surface area contributed by atoms with E-state index in [-0.39, 0.29) is 11.3 Å². The lowest BCUT2D eigenvalue weighted by molar-refractivity contribution is -0.165. The Hall–Kier alpha value is -1.01. The Morgan fingerprint density at radius 3 is 2.76 bits per heavy atom. The number of hydrogen-bond acceptors (Lipinski definition) is 4. The zero-order valence-corrected chi connectivity index (χ0v) is 10.7. The third-order valence-corrected chi connectivity index (χ3v) is 5.10. The van der Waals surface area contributed by atoms with E-state index in [4.69, 9.17) is 5.73 Å². The second-order valence-electron chi connectivity index (χ2n) is 5.06. The minimum absolute atomic E-state index is 0.260.